The molecule has 0 aliphatic carbocycles. The number of nitrogens with one attached hydrogen (secondary N) is 2. The maximum absolute atomic E-state index is 13.0. The lowest BCUT2D eigenvalue weighted by atomic mass is 10.1. The summed E-state index contributed by atoms with van der Waals surface area (Å²) in [6.45, 7) is 9.77. The predicted molar refractivity (Wildman–Crippen MR) is 159 cm³/mol. The summed E-state index contributed by atoms with van der Waals surface area (Å²) < 4.78 is 0. The Hall–Kier alpha value is -3.10. The second-order valence-electron chi connectivity index (χ2n) is 9.71. The number of rotatable bonds is 11. The summed E-state index contributed by atoms with van der Waals surface area (Å²) in [6, 6.07) is 15.3. The van der Waals surface area contributed by atoms with E-state index in [9.17, 15) is 9.59 Å². The number of hydrogen-bond acceptors (Lipinski definition) is 6. The van der Waals surface area contributed by atoms with Crippen LogP contribution in [0.5, 0.6) is 0 Å². The molecule has 4 aromatic rings. The van der Waals surface area contributed by atoms with Gasteiger partial charge in [0.15, 0.2) is 0 Å². The predicted octanol–water partition coefficient (Wildman–Crippen LogP) is 7.13. The van der Waals surface area contributed by atoms with E-state index in [1.807, 2.05) is 48.5 Å². The van der Waals surface area contributed by atoms with Crippen molar-refractivity contribution in [2.75, 3.05) is 13.1 Å². The van der Waals surface area contributed by atoms with E-state index < -0.39 is 0 Å². The van der Waals surface area contributed by atoms with Crippen molar-refractivity contribution in [1.29, 1.82) is 0 Å². The van der Waals surface area contributed by atoms with Crippen LogP contribution < -0.4 is 10.6 Å². The Balaban J connectivity index is 1.63. The van der Waals surface area contributed by atoms with E-state index in [1.165, 1.54) is 21.6 Å². The van der Waals surface area contributed by atoms with Gasteiger partial charge in [0.1, 0.15) is 0 Å². The van der Waals surface area contributed by atoms with Crippen molar-refractivity contribution in [2.24, 2.45) is 11.8 Å². The average Bonchev–Trinajstić information content (AvgIpc) is 2.96. The number of fused-ring (bicyclic) bond motifs is 2. The molecule has 0 aliphatic heterocycles. The van der Waals surface area contributed by atoms with Gasteiger partial charge in [0.2, 0.25) is 0 Å². The molecule has 0 fully saturated rings. The maximum atomic E-state index is 13.0. The first-order valence-electron chi connectivity index (χ1n) is 13.1. The summed E-state index contributed by atoms with van der Waals surface area (Å²) in [7, 11) is 3.05. The van der Waals surface area contributed by atoms with Gasteiger partial charge in [-0.25, -0.2) is 0 Å². The van der Waals surface area contributed by atoms with Gasteiger partial charge in [0.05, 0.1) is 11.0 Å². The van der Waals surface area contributed by atoms with Crippen LogP contribution in [0.25, 0.3) is 21.8 Å². The molecule has 2 amide bonds. The molecule has 0 spiro atoms. The van der Waals surface area contributed by atoms with Crippen LogP contribution in [0.4, 0.5) is 0 Å². The number of carbonyl (C=O) groups is 2. The topological polar surface area (TPSA) is 84.0 Å². The summed E-state index contributed by atoms with van der Waals surface area (Å²) in [5, 5.41) is 7.93. The first-order valence-corrected chi connectivity index (χ1v) is 15.2. The third kappa shape index (κ3) is 6.85. The van der Waals surface area contributed by atoms with Crippen LogP contribution in [0.2, 0.25) is 0 Å². The van der Waals surface area contributed by atoms with E-state index in [1.54, 1.807) is 12.4 Å². The summed E-state index contributed by atoms with van der Waals surface area (Å²) in [5.74, 6) is 0.659. The van der Waals surface area contributed by atoms with Crippen LogP contribution in [0.3, 0.4) is 0 Å². The van der Waals surface area contributed by atoms with E-state index in [-0.39, 0.29) is 11.8 Å². The highest BCUT2D eigenvalue weighted by Gasteiger charge is 2.16. The van der Waals surface area contributed by atoms with Gasteiger partial charge in [-0.05, 0) is 48.2 Å². The molecule has 4 rings (SSSR count). The molecule has 2 N–H and O–H groups in total. The zero-order chi connectivity index (χ0) is 27.1. The van der Waals surface area contributed by atoms with Gasteiger partial charge in [-0.3, -0.25) is 19.6 Å². The quantitative estimate of drug-likeness (QED) is 0.195. The second-order valence-corrected chi connectivity index (χ2v) is 11.9. The molecule has 2 heterocycles. The molecule has 6 nitrogen and oxygen atoms in total. The molecule has 2 unspecified atom stereocenters. The van der Waals surface area contributed by atoms with Gasteiger partial charge in [-0.1, -0.05) is 74.3 Å². The molecule has 2 aromatic heterocycles. The zero-order valence-corrected chi connectivity index (χ0v) is 23.9. The lowest BCUT2D eigenvalue weighted by Gasteiger charge is -2.13. The van der Waals surface area contributed by atoms with Gasteiger partial charge in [-0.15, -0.1) is 0 Å². The fourth-order valence-electron chi connectivity index (χ4n) is 3.82. The average molecular weight is 547 g/mol. The lowest BCUT2D eigenvalue weighted by molar-refractivity contribution is 0.0939. The Morgan fingerprint density at radius 2 is 1.16 bits per heavy atom. The van der Waals surface area contributed by atoms with E-state index >= 15 is 0 Å². The van der Waals surface area contributed by atoms with Gasteiger partial charge in [0.25, 0.3) is 11.8 Å². The minimum atomic E-state index is -0.0880. The van der Waals surface area contributed by atoms with Crippen molar-refractivity contribution in [3.05, 3.63) is 72.1 Å². The van der Waals surface area contributed by atoms with Crippen molar-refractivity contribution in [3.8, 4) is 0 Å². The van der Waals surface area contributed by atoms with Gasteiger partial charge in [-0.2, -0.15) is 0 Å². The zero-order valence-electron chi connectivity index (χ0n) is 22.3. The molecule has 198 valence electrons. The van der Waals surface area contributed by atoms with E-state index in [2.05, 4.69) is 48.3 Å². The standard InChI is InChI=1S/C30H34N4O2S2/c1-5-19(3)17-33-29(35)23-13-21-9-7-11-31-27(21)25(15-23)37-38-26-16-24(30(36)34-18-20(4)6-2)14-22-10-8-12-32-28(22)26/h7-16,19-20H,5-6,17-18H2,1-4H3,(H,33,35)(H,34,36). The number of pyridine rings is 2. The molecule has 0 saturated carbocycles. The van der Waals surface area contributed by atoms with Crippen LogP contribution in [0.15, 0.2) is 70.7 Å². The third-order valence-corrected chi connectivity index (χ3v) is 9.09. The summed E-state index contributed by atoms with van der Waals surface area (Å²) >= 11 is 0. The molecule has 0 aliphatic rings. The molecular weight excluding hydrogens is 512 g/mol. The normalized spacial score (nSPS) is 12.8. The van der Waals surface area contributed by atoms with Crippen LogP contribution in [-0.2, 0) is 0 Å². The molecule has 0 radical (unpaired) electrons. The Morgan fingerprint density at radius 3 is 1.55 bits per heavy atom. The van der Waals surface area contributed by atoms with Crippen LogP contribution in [-0.4, -0.2) is 34.9 Å². The van der Waals surface area contributed by atoms with Crippen LogP contribution in [0.1, 0.15) is 61.3 Å². The third-order valence-electron chi connectivity index (χ3n) is 6.70. The Bertz CT molecular complexity index is 1330. The van der Waals surface area contributed by atoms with Crippen molar-refractivity contribution in [3.63, 3.8) is 0 Å². The highest BCUT2D eigenvalue weighted by Crippen LogP contribution is 2.43. The highest BCUT2D eigenvalue weighted by molar-refractivity contribution is 8.76. The maximum Gasteiger partial charge on any atom is 0.251 e. The van der Waals surface area contributed by atoms with E-state index in [4.69, 9.17) is 0 Å². The molecule has 2 atom stereocenters. The Kier molecular flexibility index (Phi) is 9.63. The summed E-state index contributed by atoms with van der Waals surface area (Å²) in [5.41, 5.74) is 2.89. The molecular formula is C30H34N4O2S2. The molecule has 2 aromatic carbocycles. The molecule has 0 saturated heterocycles. The number of carbonyl (C=O) groups excluding carboxylic acids is 2. The first kappa shape index (κ1) is 27.9. The molecule has 0 bridgehead atoms. The fraction of sp³-hybridized carbons (Fsp3) is 0.333. The minimum absolute atomic E-state index is 0.0880. The second kappa shape index (κ2) is 13.1. The lowest BCUT2D eigenvalue weighted by Crippen LogP contribution is -2.28. The summed E-state index contributed by atoms with van der Waals surface area (Å²) in [4.78, 5) is 36.9. The van der Waals surface area contributed by atoms with Crippen molar-refractivity contribution in [1.82, 2.24) is 20.6 Å². The van der Waals surface area contributed by atoms with Crippen LogP contribution >= 0.6 is 21.6 Å². The highest BCUT2D eigenvalue weighted by atomic mass is 33.1. The number of nitrogens with zero attached hydrogens (tertiary/aromatic N) is 2. The van der Waals surface area contributed by atoms with Crippen LogP contribution in [0, 0.1) is 11.8 Å². The molecule has 8 heteroatoms. The van der Waals surface area contributed by atoms with Gasteiger partial charge < -0.3 is 10.6 Å². The number of aromatic nitrogens is 2. The van der Waals surface area contributed by atoms with Crippen molar-refractivity contribution in [2.45, 2.75) is 50.3 Å². The largest absolute Gasteiger partial charge is 0.352 e. The van der Waals surface area contributed by atoms with Gasteiger partial charge in [0, 0.05) is 57.2 Å². The number of amides is 2. The first-order chi connectivity index (χ1) is 18.4. The molecule has 38 heavy (non-hydrogen) atoms. The smallest absolute Gasteiger partial charge is 0.251 e. The Labute approximate surface area is 232 Å². The minimum Gasteiger partial charge on any atom is -0.352 e. The van der Waals surface area contributed by atoms with E-state index in [0.717, 1.165) is 44.4 Å². The fourth-order valence-corrected chi connectivity index (χ4v) is 6.15. The van der Waals surface area contributed by atoms with Gasteiger partial charge >= 0.3 is 0 Å². The monoisotopic (exact) mass is 546 g/mol. The number of benzene rings is 2. The summed E-state index contributed by atoms with van der Waals surface area (Å²) in [6.07, 6.45) is 5.55. The van der Waals surface area contributed by atoms with E-state index in [0.29, 0.717) is 36.1 Å². The SMILES string of the molecule is CCC(C)CNC(=O)c1cc(SSc2cc(C(=O)NCC(C)CC)cc3cccnc23)c2ncccc2c1. The van der Waals surface area contributed by atoms with Crippen molar-refractivity contribution < 1.29 is 9.59 Å². The van der Waals surface area contributed by atoms with Crippen molar-refractivity contribution >= 4 is 55.2 Å². The Morgan fingerprint density at radius 1 is 0.737 bits per heavy atom. The number of hydrogen-bond donors (Lipinski definition) is 2.